The highest BCUT2D eigenvalue weighted by molar-refractivity contribution is 6.30. The Morgan fingerprint density at radius 1 is 0.688 bits per heavy atom. The van der Waals surface area contributed by atoms with Gasteiger partial charge < -0.3 is 21.3 Å². The van der Waals surface area contributed by atoms with Crippen molar-refractivity contribution in [3.8, 4) is 0 Å². The first-order chi connectivity index (χ1) is 15.5. The number of urea groups is 2. The Labute approximate surface area is 199 Å². The number of benzene rings is 2. The molecule has 2 atom stereocenters. The zero-order valence-corrected chi connectivity index (χ0v) is 19.5. The van der Waals surface area contributed by atoms with E-state index in [0.29, 0.717) is 48.1 Å². The maximum absolute atomic E-state index is 12.1. The second kappa shape index (κ2) is 12.6. The Balaban J connectivity index is 1.30. The van der Waals surface area contributed by atoms with Gasteiger partial charge in [-0.25, -0.2) is 9.59 Å². The van der Waals surface area contributed by atoms with Crippen molar-refractivity contribution < 1.29 is 9.59 Å². The molecule has 172 valence electrons. The van der Waals surface area contributed by atoms with Crippen LogP contribution in [0.1, 0.15) is 36.8 Å². The third-order valence-corrected chi connectivity index (χ3v) is 6.23. The summed E-state index contributed by atoms with van der Waals surface area (Å²) >= 11 is 11.8. The molecular formula is C24H30Cl2N4O2. The molecule has 4 N–H and O–H groups in total. The number of hydrogen-bond acceptors (Lipinski definition) is 2. The molecule has 6 nitrogen and oxygen atoms in total. The average molecular weight is 477 g/mol. The number of halogens is 2. The van der Waals surface area contributed by atoms with E-state index >= 15 is 0 Å². The van der Waals surface area contributed by atoms with E-state index in [9.17, 15) is 9.59 Å². The lowest BCUT2D eigenvalue weighted by Gasteiger charge is -2.29. The van der Waals surface area contributed by atoms with Crippen LogP contribution in [0.15, 0.2) is 48.5 Å². The summed E-state index contributed by atoms with van der Waals surface area (Å²) in [5.41, 5.74) is 2.00. The van der Waals surface area contributed by atoms with Gasteiger partial charge in [0.15, 0.2) is 0 Å². The van der Waals surface area contributed by atoms with Crippen LogP contribution in [0, 0.1) is 11.8 Å². The molecular weight excluding hydrogens is 447 g/mol. The number of hydrogen-bond donors (Lipinski definition) is 4. The zero-order chi connectivity index (χ0) is 22.8. The van der Waals surface area contributed by atoms with Crippen LogP contribution in [0.2, 0.25) is 10.0 Å². The molecule has 1 aliphatic rings. The van der Waals surface area contributed by atoms with Gasteiger partial charge in [0.05, 0.1) is 0 Å². The topological polar surface area (TPSA) is 82.3 Å². The summed E-state index contributed by atoms with van der Waals surface area (Å²) in [7, 11) is 0. The fraction of sp³-hybridized carbons (Fsp3) is 0.417. The van der Waals surface area contributed by atoms with Gasteiger partial charge in [0, 0.05) is 36.2 Å². The third kappa shape index (κ3) is 8.60. The van der Waals surface area contributed by atoms with Crippen molar-refractivity contribution in [1.82, 2.24) is 21.3 Å². The largest absolute Gasteiger partial charge is 0.338 e. The lowest BCUT2D eigenvalue weighted by Crippen LogP contribution is -2.41. The van der Waals surface area contributed by atoms with Gasteiger partial charge >= 0.3 is 12.1 Å². The van der Waals surface area contributed by atoms with Crippen LogP contribution in [-0.2, 0) is 13.1 Å². The molecule has 4 amide bonds. The predicted molar refractivity (Wildman–Crippen MR) is 129 cm³/mol. The van der Waals surface area contributed by atoms with Crippen LogP contribution in [0.4, 0.5) is 9.59 Å². The van der Waals surface area contributed by atoms with E-state index in [1.54, 1.807) is 0 Å². The lowest BCUT2D eigenvalue weighted by atomic mass is 9.81. The summed E-state index contributed by atoms with van der Waals surface area (Å²) in [5, 5.41) is 13.1. The molecule has 2 aromatic rings. The Bertz CT molecular complexity index is 803. The Hall–Kier alpha value is -2.44. The van der Waals surface area contributed by atoms with E-state index in [1.165, 1.54) is 0 Å². The van der Waals surface area contributed by atoms with Crippen LogP contribution in [-0.4, -0.2) is 25.2 Å². The Morgan fingerprint density at radius 3 is 1.50 bits per heavy atom. The molecule has 1 aliphatic carbocycles. The first-order valence-corrected chi connectivity index (χ1v) is 11.8. The Morgan fingerprint density at radius 2 is 1.09 bits per heavy atom. The maximum Gasteiger partial charge on any atom is 0.315 e. The van der Waals surface area contributed by atoms with Gasteiger partial charge in [-0.2, -0.15) is 0 Å². The number of rotatable bonds is 8. The highest BCUT2D eigenvalue weighted by Gasteiger charge is 2.22. The number of amides is 4. The van der Waals surface area contributed by atoms with Crippen LogP contribution in [0.5, 0.6) is 0 Å². The van der Waals surface area contributed by atoms with Crippen molar-refractivity contribution in [2.24, 2.45) is 11.8 Å². The summed E-state index contributed by atoms with van der Waals surface area (Å²) in [5.74, 6) is 0.850. The first-order valence-electron chi connectivity index (χ1n) is 11.0. The quantitative estimate of drug-likeness (QED) is 0.427. The molecule has 0 unspecified atom stereocenters. The van der Waals surface area contributed by atoms with Crippen molar-refractivity contribution in [2.75, 3.05) is 13.1 Å². The summed E-state index contributed by atoms with van der Waals surface area (Å²) < 4.78 is 0. The molecule has 0 radical (unpaired) electrons. The maximum atomic E-state index is 12.1. The highest BCUT2D eigenvalue weighted by Crippen LogP contribution is 2.28. The minimum atomic E-state index is -0.165. The fourth-order valence-electron chi connectivity index (χ4n) is 3.94. The van der Waals surface area contributed by atoms with Gasteiger partial charge in [-0.1, -0.05) is 53.9 Å². The van der Waals surface area contributed by atoms with Crippen LogP contribution < -0.4 is 21.3 Å². The van der Waals surface area contributed by atoms with Gasteiger partial charge in [-0.3, -0.25) is 0 Å². The van der Waals surface area contributed by atoms with Gasteiger partial charge in [-0.15, -0.1) is 0 Å². The van der Waals surface area contributed by atoms with Gasteiger partial charge in [0.1, 0.15) is 0 Å². The zero-order valence-electron chi connectivity index (χ0n) is 18.0. The van der Waals surface area contributed by atoms with Crippen LogP contribution in [0.3, 0.4) is 0 Å². The normalized spacial score (nSPS) is 17.9. The summed E-state index contributed by atoms with van der Waals surface area (Å²) in [6, 6.07) is 14.5. The third-order valence-electron chi connectivity index (χ3n) is 5.73. The van der Waals surface area contributed by atoms with Gasteiger partial charge in [0.2, 0.25) is 0 Å². The molecule has 2 aromatic carbocycles. The predicted octanol–water partition coefficient (Wildman–Crippen LogP) is 5.10. The van der Waals surface area contributed by atoms with Crippen molar-refractivity contribution in [1.29, 1.82) is 0 Å². The van der Waals surface area contributed by atoms with Crippen LogP contribution in [0.25, 0.3) is 0 Å². The number of nitrogens with one attached hydrogen (secondary N) is 4. The molecule has 0 aliphatic heterocycles. The van der Waals surface area contributed by atoms with E-state index in [0.717, 1.165) is 36.8 Å². The molecule has 0 spiro atoms. The van der Waals surface area contributed by atoms with Gasteiger partial charge in [-0.05, 0) is 66.5 Å². The number of carbonyl (C=O) groups is 2. The van der Waals surface area contributed by atoms with Crippen molar-refractivity contribution in [3.63, 3.8) is 0 Å². The second-order valence-corrected chi connectivity index (χ2v) is 9.15. The second-order valence-electron chi connectivity index (χ2n) is 8.28. The highest BCUT2D eigenvalue weighted by atomic mass is 35.5. The molecule has 32 heavy (non-hydrogen) atoms. The van der Waals surface area contributed by atoms with Crippen LogP contribution >= 0.6 is 23.2 Å². The molecule has 0 bridgehead atoms. The molecule has 1 saturated carbocycles. The van der Waals surface area contributed by atoms with E-state index in [-0.39, 0.29) is 12.1 Å². The minimum absolute atomic E-state index is 0.165. The van der Waals surface area contributed by atoms with E-state index in [4.69, 9.17) is 23.2 Å². The monoisotopic (exact) mass is 476 g/mol. The SMILES string of the molecule is O=C(NCc1ccc(Cl)cc1)NC[C@H]1CCC[C@H](CNC(=O)NCc2ccc(Cl)cc2)C1. The number of carbonyl (C=O) groups excluding carboxylic acids is 2. The summed E-state index contributed by atoms with van der Waals surface area (Å²) in [6.45, 7) is 2.22. The summed E-state index contributed by atoms with van der Waals surface area (Å²) in [6.07, 6.45) is 4.29. The molecule has 1 fully saturated rings. The lowest BCUT2D eigenvalue weighted by molar-refractivity contribution is 0.221. The molecule has 3 rings (SSSR count). The van der Waals surface area contributed by atoms with E-state index < -0.39 is 0 Å². The van der Waals surface area contributed by atoms with Gasteiger partial charge in [0.25, 0.3) is 0 Å². The summed E-state index contributed by atoms with van der Waals surface area (Å²) in [4.78, 5) is 24.2. The van der Waals surface area contributed by atoms with E-state index in [1.807, 2.05) is 48.5 Å². The molecule has 0 saturated heterocycles. The molecule has 0 aromatic heterocycles. The first kappa shape index (κ1) is 24.2. The fourth-order valence-corrected chi connectivity index (χ4v) is 4.19. The van der Waals surface area contributed by atoms with Crippen molar-refractivity contribution in [2.45, 2.75) is 38.8 Å². The smallest absolute Gasteiger partial charge is 0.315 e. The van der Waals surface area contributed by atoms with Crippen molar-refractivity contribution >= 4 is 35.3 Å². The van der Waals surface area contributed by atoms with E-state index in [2.05, 4.69) is 21.3 Å². The van der Waals surface area contributed by atoms with Crippen molar-refractivity contribution in [3.05, 3.63) is 69.7 Å². The average Bonchev–Trinajstić information content (AvgIpc) is 2.81. The molecule has 0 heterocycles. The Kier molecular flexibility index (Phi) is 9.50. The standard InChI is InChI=1S/C24H30Cl2N4O2/c25-21-8-4-17(5-9-21)13-27-23(31)29-15-19-2-1-3-20(12-19)16-30-24(32)28-14-18-6-10-22(26)11-7-18/h4-11,19-20H,1-3,12-16H2,(H2,27,29,31)(H2,28,30,32)/t19-,20-/m0/s1. The minimum Gasteiger partial charge on any atom is -0.338 e. The molecule has 8 heteroatoms.